The van der Waals surface area contributed by atoms with Gasteiger partial charge in [-0.1, -0.05) is 41.9 Å². The van der Waals surface area contributed by atoms with Gasteiger partial charge in [0.1, 0.15) is 11.5 Å². The van der Waals surface area contributed by atoms with E-state index in [4.69, 9.17) is 21.1 Å². The molecular weight excluding hydrogens is 578 g/mol. The molecule has 10 nitrogen and oxygen atoms in total. The Kier molecular flexibility index (Phi) is 8.82. The Morgan fingerprint density at radius 3 is 2.24 bits per heavy atom. The predicted molar refractivity (Wildman–Crippen MR) is 164 cm³/mol. The lowest BCUT2D eigenvalue weighted by molar-refractivity contribution is -0.115. The van der Waals surface area contributed by atoms with Gasteiger partial charge in [-0.2, -0.15) is 0 Å². The average Bonchev–Trinajstić information content (AvgIpc) is 2.97. The summed E-state index contributed by atoms with van der Waals surface area (Å²) in [6.45, 7) is 0. The minimum absolute atomic E-state index is 0.0197. The first-order valence-corrected chi connectivity index (χ1v) is 14.0. The number of aromatic nitrogens is 2. The number of amides is 1. The van der Waals surface area contributed by atoms with Crippen molar-refractivity contribution in [3.05, 3.63) is 102 Å². The monoisotopic (exact) mass is 602 g/mol. The van der Waals surface area contributed by atoms with Crippen LogP contribution in [-0.2, 0) is 22.5 Å². The van der Waals surface area contributed by atoms with Gasteiger partial charge in [-0.15, -0.1) is 0 Å². The summed E-state index contributed by atoms with van der Waals surface area (Å²) < 4.78 is 37.2. The van der Waals surface area contributed by atoms with Crippen LogP contribution in [0, 0.1) is 0 Å². The van der Waals surface area contributed by atoms with Gasteiger partial charge in [0.25, 0.3) is 0 Å². The second-order valence-electron chi connectivity index (χ2n) is 9.03. The summed E-state index contributed by atoms with van der Waals surface area (Å²) in [6, 6.07) is 25.7. The van der Waals surface area contributed by atoms with E-state index in [0.29, 0.717) is 38.9 Å². The van der Waals surface area contributed by atoms with Crippen molar-refractivity contribution in [2.45, 2.75) is 6.42 Å². The first-order chi connectivity index (χ1) is 20.3. The highest BCUT2D eigenvalue weighted by atomic mass is 35.5. The van der Waals surface area contributed by atoms with Gasteiger partial charge < -0.3 is 24.7 Å². The number of halogens is 1. The third kappa shape index (κ3) is 6.77. The van der Waals surface area contributed by atoms with Crippen LogP contribution in [0.3, 0.4) is 0 Å². The zero-order chi connectivity index (χ0) is 29.6. The maximum absolute atomic E-state index is 12.7. The fourth-order valence-corrected chi connectivity index (χ4v) is 5.03. The number of hydrogen-bond donors (Lipinski definition) is 2. The number of benzene rings is 4. The topological polar surface area (TPSA) is 129 Å². The molecule has 0 bridgehead atoms. The second kappa shape index (κ2) is 12.9. The van der Waals surface area contributed by atoms with E-state index in [0.717, 1.165) is 9.87 Å². The van der Waals surface area contributed by atoms with E-state index in [1.165, 1.54) is 14.2 Å². The van der Waals surface area contributed by atoms with Crippen molar-refractivity contribution in [2.24, 2.45) is 0 Å². The minimum Gasteiger partial charge on any atom is -0.755 e. The molecule has 0 aliphatic carbocycles. The molecule has 5 aromatic rings. The molecule has 1 heterocycles. The number of nitrogens with zero attached hydrogens (tertiary/aromatic N) is 3. The number of ether oxygens (including phenoxy) is 2. The highest BCUT2D eigenvalue weighted by Gasteiger charge is 2.21. The molecule has 214 valence electrons. The Balaban J connectivity index is 1.52. The second-order valence-corrected chi connectivity index (χ2v) is 10.3. The summed E-state index contributed by atoms with van der Waals surface area (Å²) in [5.74, 6) is 0.953. The Bertz CT molecular complexity index is 1760. The van der Waals surface area contributed by atoms with Crippen LogP contribution >= 0.6 is 11.6 Å². The van der Waals surface area contributed by atoms with Crippen molar-refractivity contribution in [3.63, 3.8) is 0 Å². The first kappa shape index (κ1) is 28.8. The number of nitrogens with one attached hydrogen (secondary N) is 2. The van der Waals surface area contributed by atoms with Crippen LogP contribution < -0.4 is 24.4 Å². The number of fused-ring (bicyclic) bond motifs is 1. The smallest absolute Gasteiger partial charge is 0.228 e. The molecule has 1 unspecified atom stereocenters. The Labute approximate surface area is 249 Å². The SMILES string of the molecule is COc1cc(Nc2nc3ccccc3nc2N(c2cccc(NC(=O)Cc3cccc(Cl)c3)c2)S(=O)[O-])cc(OC)c1. The minimum atomic E-state index is -2.82. The lowest BCUT2D eigenvalue weighted by Crippen LogP contribution is -2.23. The van der Waals surface area contributed by atoms with Crippen molar-refractivity contribution < 1.29 is 23.0 Å². The Hall–Kier alpha value is -4.71. The molecule has 1 aromatic heterocycles. The standard InChI is InChI=1S/C30H26ClN5O5S/c1-40-24-16-22(17-25(18-24)41-2)33-29-30(35-27-12-4-3-11-26(27)34-29)36(42(38)39)23-10-6-9-21(15-23)32-28(37)14-19-7-5-8-20(31)13-19/h3-13,15-18H,14H2,1-2H3,(H,32,37)(H,33,34)(H,38,39)/p-1. The van der Waals surface area contributed by atoms with Gasteiger partial charge >= 0.3 is 0 Å². The highest BCUT2D eigenvalue weighted by molar-refractivity contribution is 7.81. The van der Waals surface area contributed by atoms with Crippen LogP contribution in [0.5, 0.6) is 11.5 Å². The number of methoxy groups -OCH3 is 2. The van der Waals surface area contributed by atoms with Crippen molar-refractivity contribution in [3.8, 4) is 11.5 Å². The summed E-state index contributed by atoms with van der Waals surface area (Å²) in [4.78, 5) is 22.1. The molecule has 0 fully saturated rings. The van der Waals surface area contributed by atoms with Gasteiger partial charge in [0, 0.05) is 34.6 Å². The first-order valence-electron chi connectivity index (χ1n) is 12.6. The molecule has 5 rings (SSSR count). The molecule has 0 aliphatic heterocycles. The van der Waals surface area contributed by atoms with Gasteiger partial charge in [-0.05, 0) is 48.0 Å². The normalized spacial score (nSPS) is 11.5. The summed E-state index contributed by atoms with van der Waals surface area (Å²) >= 11 is 3.22. The molecule has 2 N–H and O–H groups in total. The predicted octanol–water partition coefficient (Wildman–Crippen LogP) is 6.16. The molecule has 1 amide bonds. The fourth-order valence-electron chi connectivity index (χ4n) is 4.26. The quantitative estimate of drug-likeness (QED) is 0.182. The van der Waals surface area contributed by atoms with E-state index in [1.807, 2.05) is 6.07 Å². The van der Waals surface area contributed by atoms with Crippen molar-refractivity contribution in [1.82, 2.24) is 9.97 Å². The van der Waals surface area contributed by atoms with Crippen molar-refractivity contribution in [2.75, 3.05) is 29.2 Å². The van der Waals surface area contributed by atoms with Crippen molar-refractivity contribution in [1.29, 1.82) is 0 Å². The van der Waals surface area contributed by atoms with E-state index in [2.05, 4.69) is 20.6 Å². The molecule has 4 aromatic carbocycles. The lowest BCUT2D eigenvalue weighted by atomic mass is 10.1. The number of carbonyl (C=O) groups is 1. The van der Waals surface area contributed by atoms with Crippen LogP contribution in [0.15, 0.2) is 91.0 Å². The Morgan fingerprint density at radius 1 is 0.881 bits per heavy atom. The number of carbonyl (C=O) groups excluding carboxylic acids is 1. The number of hydrogen-bond acceptors (Lipinski definition) is 8. The van der Waals surface area contributed by atoms with E-state index in [-0.39, 0.29) is 29.7 Å². The zero-order valence-corrected chi connectivity index (χ0v) is 24.1. The summed E-state index contributed by atoms with van der Waals surface area (Å²) in [7, 11) is 3.06. The molecule has 1 atom stereocenters. The van der Waals surface area contributed by atoms with E-state index >= 15 is 0 Å². The summed E-state index contributed by atoms with van der Waals surface area (Å²) in [6.07, 6.45) is 0.0935. The zero-order valence-electron chi connectivity index (χ0n) is 22.5. The third-order valence-corrected chi connectivity index (χ3v) is 7.04. The van der Waals surface area contributed by atoms with Crippen LogP contribution in [0.25, 0.3) is 11.0 Å². The number of rotatable bonds is 10. The molecule has 0 aliphatic rings. The van der Waals surface area contributed by atoms with Crippen LogP contribution in [0.2, 0.25) is 5.02 Å². The van der Waals surface area contributed by atoms with Gasteiger partial charge in [0.05, 0.1) is 48.6 Å². The lowest BCUT2D eigenvalue weighted by Gasteiger charge is -2.27. The molecule has 42 heavy (non-hydrogen) atoms. The highest BCUT2D eigenvalue weighted by Crippen LogP contribution is 2.36. The fraction of sp³-hybridized carbons (Fsp3) is 0.100. The summed E-state index contributed by atoms with van der Waals surface area (Å²) in [5, 5.41) is 6.52. The van der Waals surface area contributed by atoms with E-state index < -0.39 is 11.3 Å². The molecular formula is C30H25ClN5O5S-. The average molecular weight is 603 g/mol. The summed E-state index contributed by atoms with van der Waals surface area (Å²) in [5.41, 5.74) is 2.96. The van der Waals surface area contributed by atoms with Gasteiger partial charge in [0.2, 0.25) is 5.91 Å². The molecule has 0 saturated carbocycles. The third-order valence-electron chi connectivity index (χ3n) is 6.13. The largest absolute Gasteiger partial charge is 0.755 e. The van der Waals surface area contributed by atoms with E-state index in [1.54, 1.807) is 84.9 Å². The number of para-hydroxylation sites is 2. The van der Waals surface area contributed by atoms with Gasteiger partial charge in [0.15, 0.2) is 11.6 Å². The van der Waals surface area contributed by atoms with Crippen LogP contribution in [-0.4, -0.2) is 38.9 Å². The van der Waals surface area contributed by atoms with Crippen LogP contribution in [0.1, 0.15) is 5.56 Å². The molecule has 0 spiro atoms. The maximum atomic E-state index is 12.7. The van der Waals surface area contributed by atoms with Gasteiger partial charge in [-0.25, -0.2) is 9.97 Å². The van der Waals surface area contributed by atoms with Crippen molar-refractivity contribution >= 4 is 68.5 Å². The van der Waals surface area contributed by atoms with E-state index in [9.17, 15) is 13.6 Å². The number of anilines is 5. The molecule has 0 saturated heterocycles. The molecule has 12 heteroatoms. The molecule has 0 radical (unpaired) electrons. The maximum Gasteiger partial charge on any atom is 0.228 e. The Morgan fingerprint density at radius 2 is 1.57 bits per heavy atom. The van der Waals surface area contributed by atoms with Crippen LogP contribution in [0.4, 0.5) is 28.7 Å². The van der Waals surface area contributed by atoms with Gasteiger partial charge in [-0.3, -0.25) is 13.3 Å².